The number of halogens is 1. The van der Waals surface area contributed by atoms with Crippen LogP contribution in [-0.2, 0) is 9.59 Å². The Bertz CT molecular complexity index is 780. The van der Waals surface area contributed by atoms with Crippen LogP contribution in [0.3, 0.4) is 0 Å². The number of rotatable bonds is 9. The van der Waals surface area contributed by atoms with Crippen LogP contribution in [-0.4, -0.2) is 45.8 Å². The number of hydrogen-bond donors (Lipinski definition) is 2. The first-order valence-electron chi connectivity index (χ1n) is 9.46. The maximum Gasteiger partial charge on any atom is 0.278 e. The molecule has 0 aliphatic carbocycles. The molecule has 1 aliphatic heterocycles. The molecule has 1 heterocycles. The summed E-state index contributed by atoms with van der Waals surface area (Å²) in [4.78, 5) is 30.6. The van der Waals surface area contributed by atoms with Gasteiger partial charge in [0.25, 0.3) is 5.91 Å². The lowest BCUT2D eigenvalue weighted by Gasteiger charge is -2.14. The van der Waals surface area contributed by atoms with Gasteiger partial charge in [0, 0.05) is 23.1 Å². The van der Waals surface area contributed by atoms with E-state index in [9.17, 15) is 14.7 Å². The van der Waals surface area contributed by atoms with Crippen LogP contribution in [0.25, 0.3) is 6.08 Å². The van der Waals surface area contributed by atoms with Gasteiger partial charge < -0.3 is 10.4 Å². The topological polar surface area (TPSA) is 82.0 Å². The van der Waals surface area contributed by atoms with Gasteiger partial charge in [0.15, 0.2) is 5.17 Å². The number of hydrogen-bond acceptors (Lipinski definition) is 5. The highest BCUT2D eigenvalue weighted by Gasteiger charge is 2.29. The zero-order chi connectivity index (χ0) is 20.5. The lowest BCUT2D eigenvalue weighted by Crippen LogP contribution is -2.32. The highest BCUT2D eigenvalue weighted by atomic mass is 79.9. The quantitative estimate of drug-likeness (QED) is 0.422. The number of carbonyl (C=O) groups is 2. The zero-order valence-electron chi connectivity index (χ0n) is 16.2. The fourth-order valence-corrected chi connectivity index (χ4v) is 3.94. The van der Waals surface area contributed by atoms with Crippen molar-refractivity contribution < 1.29 is 14.7 Å². The Morgan fingerprint density at radius 1 is 1.32 bits per heavy atom. The van der Waals surface area contributed by atoms with E-state index in [1.54, 1.807) is 29.2 Å². The Morgan fingerprint density at radius 2 is 2.11 bits per heavy atom. The van der Waals surface area contributed by atoms with Crippen molar-refractivity contribution in [2.45, 2.75) is 39.5 Å². The monoisotopic (exact) mass is 467 g/mol. The van der Waals surface area contributed by atoms with Gasteiger partial charge in [0.05, 0.1) is 5.75 Å². The first kappa shape index (κ1) is 22.5. The standard InChI is InChI=1S/C20H26BrN3O3S/c1-3-5-6-7-10-22-18(26)13-28-20-23-16(19(27)24(20)4-2)12-14-11-15(21)8-9-17(14)25/h8-9,11-12,25H,3-7,10,13H2,1-2H3,(H,22,26)/b16-12-. The Hall–Kier alpha value is -1.80. The van der Waals surface area contributed by atoms with E-state index in [2.05, 4.69) is 33.2 Å². The Labute approximate surface area is 178 Å². The van der Waals surface area contributed by atoms with Crippen LogP contribution in [0.2, 0.25) is 0 Å². The number of nitrogens with one attached hydrogen (secondary N) is 1. The maximum atomic E-state index is 12.6. The van der Waals surface area contributed by atoms with Crippen molar-refractivity contribution in [3.8, 4) is 5.75 Å². The summed E-state index contributed by atoms with van der Waals surface area (Å²) in [5, 5.41) is 13.4. The Kier molecular flexibility index (Phi) is 9.05. The molecule has 1 aromatic rings. The fraction of sp³-hybridized carbons (Fsp3) is 0.450. The molecule has 2 rings (SSSR count). The minimum atomic E-state index is -0.232. The SMILES string of the molecule is CCCCCCNC(=O)CSC1=N/C(=C\c2cc(Br)ccc2O)C(=O)N1CC. The number of aliphatic imine (C=N–C) groups is 1. The van der Waals surface area contributed by atoms with Crippen molar-refractivity contribution in [3.05, 3.63) is 33.9 Å². The van der Waals surface area contributed by atoms with E-state index in [1.807, 2.05) is 6.92 Å². The molecule has 28 heavy (non-hydrogen) atoms. The maximum absolute atomic E-state index is 12.6. The van der Waals surface area contributed by atoms with Crippen LogP contribution in [0.15, 0.2) is 33.4 Å². The normalized spacial score (nSPS) is 15.2. The largest absolute Gasteiger partial charge is 0.507 e. The molecule has 152 valence electrons. The minimum absolute atomic E-state index is 0.0604. The average molecular weight is 468 g/mol. The van der Waals surface area contributed by atoms with E-state index in [4.69, 9.17) is 0 Å². The van der Waals surface area contributed by atoms with Gasteiger partial charge >= 0.3 is 0 Å². The molecule has 0 bridgehead atoms. The molecule has 0 radical (unpaired) electrons. The number of amidine groups is 1. The van der Waals surface area contributed by atoms with Gasteiger partial charge in [-0.05, 0) is 37.6 Å². The van der Waals surface area contributed by atoms with E-state index in [-0.39, 0.29) is 29.0 Å². The summed E-state index contributed by atoms with van der Waals surface area (Å²) < 4.78 is 0.795. The molecule has 1 aliphatic rings. The third kappa shape index (κ3) is 6.38. The Balaban J connectivity index is 2.00. The van der Waals surface area contributed by atoms with Gasteiger partial charge in [-0.3, -0.25) is 14.5 Å². The highest BCUT2D eigenvalue weighted by Crippen LogP contribution is 2.28. The van der Waals surface area contributed by atoms with E-state index in [0.717, 1.165) is 23.7 Å². The molecule has 0 spiro atoms. The van der Waals surface area contributed by atoms with Gasteiger partial charge in [0.1, 0.15) is 11.4 Å². The number of phenols is 1. The van der Waals surface area contributed by atoms with Crippen molar-refractivity contribution in [1.29, 1.82) is 0 Å². The van der Waals surface area contributed by atoms with Crippen LogP contribution in [0.5, 0.6) is 5.75 Å². The van der Waals surface area contributed by atoms with E-state index >= 15 is 0 Å². The molecule has 0 saturated heterocycles. The van der Waals surface area contributed by atoms with Crippen LogP contribution < -0.4 is 5.32 Å². The summed E-state index contributed by atoms with van der Waals surface area (Å²) in [7, 11) is 0. The summed E-state index contributed by atoms with van der Waals surface area (Å²) in [5.74, 6) is -0.00404. The number of nitrogens with zero attached hydrogens (tertiary/aromatic N) is 2. The predicted octanol–water partition coefficient (Wildman–Crippen LogP) is 4.14. The molecule has 0 atom stereocenters. The van der Waals surface area contributed by atoms with Crippen molar-refractivity contribution >= 4 is 50.7 Å². The van der Waals surface area contributed by atoms with Crippen molar-refractivity contribution in [2.75, 3.05) is 18.8 Å². The summed E-state index contributed by atoms with van der Waals surface area (Å²) in [6, 6.07) is 4.99. The third-order valence-corrected chi connectivity index (χ3v) is 5.66. The van der Waals surface area contributed by atoms with Crippen molar-refractivity contribution in [3.63, 3.8) is 0 Å². The molecular formula is C20H26BrN3O3S. The van der Waals surface area contributed by atoms with E-state index < -0.39 is 0 Å². The number of phenolic OH excluding ortho intramolecular Hbond substituents is 1. The molecular weight excluding hydrogens is 442 g/mol. The van der Waals surface area contributed by atoms with E-state index in [0.29, 0.717) is 23.8 Å². The number of unbranched alkanes of at least 4 members (excludes halogenated alkanes) is 3. The van der Waals surface area contributed by atoms with Gasteiger partial charge in [-0.2, -0.15) is 0 Å². The molecule has 0 unspecified atom stereocenters. The predicted molar refractivity (Wildman–Crippen MR) is 118 cm³/mol. The summed E-state index contributed by atoms with van der Waals surface area (Å²) in [6.07, 6.45) is 6.00. The average Bonchev–Trinajstić information content (AvgIpc) is 2.97. The summed E-state index contributed by atoms with van der Waals surface area (Å²) in [5.41, 5.74) is 0.756. The number of amides is 2. The Morgan fingerprint density at radius 3 is 2.82 bits per heavy atom. The van der Waals surface area contributed by atoms with Crippen molar-refractivity contribution in [2.24, 2.45) is 4.99 Å². The zero-order valence-corrected chi connectivity index (χ0v) is 18.6. The number of likely N-dealkylation sites (N-methyl/N-ethyl adjacent to an activating group) is 1. The van der Waals surface area contributed by atoms with Crippen molar-refractivity contribution in [1.82, 2.24) is 10.2 Å². The second kappa shape index (κ2) is 11.3. The molecule has 2 N–H and O–H groups in total. The number of carbonyl (C=O) groups excluding carboxylic acids is 2. The van der Waals surface area contributed by atoms with E-state index in [1.165, 1.54) is 18.2 Å². The first-order valence-corrected chi connectivity index (χ1v) is 11.2. The van der Waals surface area contributed by atoms with Gasteiger partial charge in [-0.25, -0.2) is 4.99 Å². The fourth-order valence-electron chi connectivity index (χ4n) is 2.67. The molecule has 6 nitrogen and oxygen atoms in total. The third-order valence-electron chi connectivity index (χ3n) is 4.19. The van der Waals surface area contributed by atoms with Gasteiger partial charge in [-0.15, -0.1) is 0 Å². The lowest BCUT2D eigenvalue weighted by atomic mass is 10.1. The first-order chi connectivity index (χ1) is 13.5. The van der Waals surface area contributed by atoms with Crippen LogP contribution >= 0.6 is 27.7 Å². The molecule has 0 fully saturated rings. The molecule has 0 saturated carbocycles. The second-order valence-electron chi connectivity index (χ2n) is 6.38. The van der Waals surface area contributed by atoms with Gasteiger partial charge in [0.2, 0.25) is 5.91 Å². The number of benzene rings is 1. The summed E-state index contributed by atoms with van der Waals surface area (Å²) >= 11 is 4.60. The van der Waals surface area contributed by atoms with Gasteiger partial charge in [-0.1, -0.05) is 53.9 Å². The summed E-state index contributed by atoms with van der Waals surface area (Å²) in [6.45, 7) is 5.15. The second-order valence-corrected chi connectivity index (χ2v) is 8.23. The minimum Gasteiger partial charge on any atom is -0.507 e. The highest BCUT2D eigenvalue weighted by molar-refractivity contribution is 9.10. The van der Waals surface area contributed by atoms with Crippen LogP contribution in [0, 0.1) is 0 Å². The molecule has 8 heteroatoms. The number of thioether (sulfide) groups is 1. The molecule has 0 aromatic heterocycles. The molecule has 2 amide bonds. The smallest absolute Gasteiger partial charge is 0.278 e. The lowest BCUT2D eigenvalue weighted by molar-refractivity contribution is -0.122. The van der Waals surface area contributed by atoms with Crippen LogP contribution in [0.1, 0.15) is 45.1 Å². The van der Waals surface area contributed by atoms with Crippen LogP contribution in [0.4, 0.5) is 0 Å². The number of aromatic hydroxyl groups is 1. The molecule has 1 aromatic carbocycles.